The molecular weight excluding hydrogens is 518 g/mol. The number of nitrogens with one attached hydrogen (secondary N) is 2. The van der Waals surface area contributed by atoms with Gasteiger partial charge in [-0.2, -0.15) is 5.10 Å². The summed E-state index contributed by atoms with van der Waals surface area (Å²) in [5, 5.41) is 10.4. The van der Waals surface area contributed by atoms with Crippen LogP contribution in [-0.2, 0) is 0 Å². The molecule has 1 aliphatic heterocycles. The van der Waals surface area contributed by atoms with Crippen molar-refractivity contribution in [3.63, 3.8) is 0 Å². The maximum absolute atomic E-state index is 14.4. The predicted octanol–water partition coefficient (Wildman–Crippen LogP) is 4.68. The van der Waals surface area contributed by atoms with Crippen molar-refractivity contribution in [3.05, 3.63) is 94.0 Å². The van der Waals surface area contributed by atoms with E-state index < -0.39 is 11.7 Å². The summed E-state index contributed by atoms with van der Waals surface area (Å²) in [4.78, 5) is 32.3. The van der Waals surface area contributed by atoms with E-state index in [-0.39, 0.29) is 50.3 Å². The van der Waals surface area contributed by atoms with Gasteiger partial charge in [-0.3, -0.25) is 14.6 Å². The van der Waals surface area contributed by atoms with Gasteiger partial charge in [0.15, 0.2) is 5.69 Å². The first-order chi connectivity index (χ1) is 17.8. The normalized spacial score (nSPS) is 13.7. The first-order valence-electron chi connectivity index (χ1n) is 11.4. The molecule has 4 aromatic rings. The standard InChI is InChI=1S/C26H21Cl2FN6O2/c1-34-13-15(14-34)31-26(37)22-12-23(35(33-22)16-6-3-2-4-7-16)32-25(36)18-10-17(19(27)11-20(18)28)24-21(29)8-5-9-30-24/h2-12,15H,13-14H2,1H3,(H,31,37)(H,32,36). The molecule has 0 bridgehead atoms. The van der Waals surface area contributed by atoms with Crippen LogP contribution in [0.5, 0.6) is 0 Å². The summed E-state index contributed by atoms with van der Waals surface area (Å²) in [5.41, 5.74) is 1.05. The Labute approximate surface area is 222 Å². The minimum atomic E-state index is -0.594. The molecule has 0 atom stereocenters. The molecule has 8 nitrogen and oxygen atoms in total. The van der Waals surface area contributed by atoms with E-state index in [9.17, 15) is 14.0 Å². The molecule has 37 heavy (non-hydrogen) atoms. The Kier molecular flexibility index (Phi) is 6.92. The topological polar surface area (TPSA) is 92.2 Å². The maximum atomic E-state index is 14.4. The number of pyridine rings is 1. The fourth-order valence-electron chi connectivity index (χ4n) is 4.07. The molecule has 0 unspecified atom stereocenters. The SMILES string of the molecule is CN1CC(NC(=O)c2cc(NC(=O)c3cc(-c4ncccc4F)c(Cl)cc3Cl)n(-c3ccccc3)n2)C1. The molecule has 2 aromatic heterocycles. The number of hydrogen-bond donors (Lipinski definition) is 2. The summed E-state index contributed by atoms with van der Waals surface area (Å²) in [6, 6.07) is 16.1. The van der Waals surface area contributed by atoms with Gasteiger partial charge in [-0.25, -0.2) is 9.07 Å². The molecule has 0 saturated carbocycles. The molecular formula is C26H21Cl2FN6O2. The van der Waals surface area contributed by atoms with Crippen LogP contribution in [0.3, 0.4) is 0 Å². The van der Waals surface area contributed by atoms with Crippen LogP contribution in [0.15, 0.2) is 66.9 Å². The molecule has 2 aromatic carbocycles. The van der Waals surface area contributed by atoms with Crippen molar-refractivity contribution in [2.24, 2.45) is 0 Å². The Morgan fingerprint density at radius 1 is 1.00 bits per heavy atom. The highest BCUT2D eigenvalue weighted by Gasteiger charge is 2.27. The van der Waals surface area contributed by atoms with Crippen LogP contribution in [-0.4, -0.2) is 57.7 Å². The highest BCUT2D eigenvalue weighted by atomic mass is 35.5. The van der Waals surface area contributed by atoms with E-state index in [2.05, 4.69) is 25.6 Å². The number of hydrogen-bond acceptors (Lipinski definition) is 5. The van der Waals surface area contributed by atoms with Gasteiger partial charge in [-0.05, 0) is 43.4 Å². The maximum Gasteiger partial charge on any atom is 0.272 e. The Balaban J connectivity index is 1.48. The summed E-state index contributed by atoms with van der Waals surface area (Å²) in [6.07, 6.45) is 1.43. The lowest BCUT2D eigenvalue weighted by Gasteiger charge is -2.36. The van der Waals surface area contributed by atoms with Crippen molar-refractivity contribution in [1.82, 2.24) is 25.0 Å². The van der Waals surface area contributed by atoms with E-state index in [0.29, 0.717) is 5.69 Å². The highest BCUT2D eigenvalue weighted by molar-refractivity contribution is 6.38. The molecule has 5 rings (SSSR count). The Morgan fingerprint density at radius 3 is 2.46 bits per heavy atom. The van der Waals surface area contributed by atoms with Crippen molar-refractivity contribution in [3.8, 4) is 16.9 Å². The van der Waals surface area contributed by atoms with Gasteiger partial charge in [0.25, 0.3) is 11.8 Å². The zero-order valence-corrected chi connectivity index (χ0v) is 21.1. The number of para-hydroxylation sites is 1. The van der Waals surface area contributed by atoms with E-state index in [1.807, 2.05) is 25.2 Å². The number of halogens is 3. The average molecular weight is 539 g/mol. The molecule has 0 spiro atoms. The summed E-state index contributed by atoms with van der Waals surface area (Å²) in [7, 11) is 1.97. The third-order valence-electron chi connectivity index (χ3n) is 5.90. The number of aromatic nitrogens is 3. The molecule has 0 radical (unpaired) electrons. The first-order valence-corrected chi connectivity index (χ1v) is 12.1. The zero-order valence-electron chi connectivity index (χ0n) is 19.6. The van der Waals surface area contributed by atoms with Crippen LogP contribution in [0.2, 0.25) is 10.0 Å². The molecule has 2 amide bonds. The van der Waals surface area contributed by atoms with Gasteiger partial charge in [0.1, 0.15) is 17.3 Å². The number of likely N-dealkylation sites (tertiary alicyclic amines) is 1. The highest BCUT2D eigenvalue weighted by Crippen LogP contribution is 2.33. The van der Waals surface area contributed by atoms with Crippen molar-refractivity contribution in [1.29, 1.82) is 0 Å². The van der Waals surface area contributed by atoms with E-state index in [1.54, 1.807) is 12.1 Å². The largest absolute Gasteiger partial charge is 0.345 e. The van der Waals surface area contributed by atoms with E-state index in [4.69, 9.17) is 23.2 Å². The number of likely N-dealkylation sites (N-methyl/N-ethyl adjacent to an activating group) is 1. The lowest BCUT2D eigenvalue weighted by Crippen LogP contribution is -2.57. The molecule has 2 N–H and O–H groups in total. The molecule has 11 heteroatoms. The average Bonchev–Trinajstić information content (AvgIpc) is 3.28. The fourth-order valence-corrected chi connectivity index (χ4v) is 4.63. The molecule has 3 heterocycles. The van der Waals surface area contributed by atoms with Gasteiger partial charge in [-0.1, -0.05) is 41.4 Å². The van der Waals surface area contributed by atoms with Gasteiger partial charge in [0.2, 0.25) is 0 Å². The lowest BCUT2D eigenvalue weighted by atomic mass is 10.1. The van der Waals surface area contributed by atoms with Crippen LogP contribution < -0.4 is 10.6 Å². The molecule has 188 valence electrons. The zero-order chi connectivity index (χ0) is 26.1. The van der Waals surface area contributed by atoms with Gasteiger partial charge < -0.3 is 15.5 Å². The second-order valence-electron chi connectivity index (χ2n) is 8.65. The first kappa shape index (κ1) is 24.9. The smallest absolute Gasteiger partial charge is 0.272 e. The number of amides is 2. The summed E-state index contributed by atoms with van der Waals surface area (Å²) >= 11 is 12.6. The van der Waals surface area contributed by atoms with Gasteiger partial charge in [0, 0.05) is 30.9 Å². The third-order valence-corrected chi connectivity index (χ3v) is 6.52. The number of carbonyl (C=O) groups is 2. The second-order valence-corrected chi connectivity index (χ2v) is 9.47. The molecule has 1 saturated heterocycles. The number of anilines is 1. The lowest BCUT2D eigenvalue weighted by molar-refractivity contribution is 0.0852. The monoisotopic (exact) mass is 538 g/mol. The molecule has 0 aliphatic carbocycles. The van der Waals surface area contributed by atoms with Crippen molar-refractivity contribution < 1.29 is 14.0 Å². The second kappa shape index (κ2) is 10.3. The number of rotatable bonds is 6. The predicted molar refractivity (Wildman–Crippen MR) is 140 cm³/mol. The van der Waals surface area contributed by atoms with Crippen molar-refractivity contribution in [2.45, 2.75) is 6.04 Å². The summed E-state index contributed by atoms with van der Waals surface area (Å²) < 4.78 is 15.9. The van der Waals surface area contributed by atoms with Crippen LogP contribution in [0.1, 0.15) is 20.8 Å². The van der Waals surface area contributed by atoms with Crippen LogP contribution in [0.25, 0.3) is 16.9 Å². The summed E-state index contributed by atoms with van der Waals surface area (Å²) in [6.45, 7) is 1.51. The minimum absolute atomic E-state index is 0.00635. The van der Waals surface area contributed by atoms with Crippen molar-refractivity contribution in [2.75, 3.05) is 25.5 Å². The fraction of sp³-hybridized carbons (Fsp3) is 0.154. The van der Waals surface area contributed by atoms with Crippen molar-refractivity contribution >= 4 is 40.8 Å². The van der Waals surface area contributed by atoms with Crippen LogP contribution >= 0.6 is 23.2 Å². The Bertz CT molecular complexity index is 1490. The Hall–Kier alpha value is -3.79. The molecule has 1 aliphatic rings. The molecule has 1 fully saturated rings. The van der Waals surface area contributed by atoms with Gasteiger partial charge in [0.05, 0.1) is 27.3 Å². The number of nitrogens with zero attached hydrogens (tertiary/aromatic N) is 4. The van der Waals surface area contributed by atoms with Crippen LogP contribution in [0, 0.1) is 5.82 Å². The van der Waals surface area contributed by atoms with E-state index in [0.717, 1.165) is 13.1 Å². The minimum Gasteiger partial charge on any atom is -0.345 e. The van der Waals surface area contributed by atoms with Gasteiger partial charge >= 0.3 is 0 Å². The van der Waals surface area contributed by atoms with Gasteiger partial charge in [-0.15, -0.1) is 0 Å². The Morgan fingerprint density at radius 2 is 1.76 bits per heavy atom. The van der Waals surface area contributed by atoms with Crippen LogP contribution in [0.4, 0.5) is 10.2 Å². The number of benzene rings is 2. The summed E-state index contributed by atoms with van der Waals surface area (Å²) in [5.74, 6) is -1.28. The van der Waals surface area contributed by atoms with E-state index >= 15 is 0 Å². The number of carbonyl (C=O) groups excluding carboxylic acids is 2. The van der Waals surface area contributed by atoms with E-state index in [1.165, 1.54) is 41.2 Å². The third kappa shape index (κ3) is 5.20. The quantitative estimate of drug-likeness (QED) is 0.372.